The van der Waals surface area contributed by atoms with Crippen LogP contribution in [0.3, 0.4) is 0 Å². The van der Waals surface area contributed by atoms with E-state index in [0.717, 1.165) is 0 Å². The Bertz CT molecular complexity index is 433. The van der Waals surface area contributed by atoms with Crippen LogP contribution in [-0.4, -0.2) is 0 Å². The highest BCUT2D eigenvalue weighted by molar-refractivity contribution is 5.30. The van der Waals surface area contributed by atoms with E-state index in [1.807, 2.05) is 0 Å². The first-order chi connectivity index (χ1) is 7.00. The lowest BCUT2D eigenvalue weighted by Gasteiger charge is -1.74. The second-order valence-corrected chi connectivity index (χ2v) is 2.37. The molecule has 0 aromatic rings. The molecule has 0 bridgehead atoms. The fourth-order valence-electron chi connectivity index (χ4n) is 0.729. The SMILES string of the molecule is C1#CCC#CCC#CCC#CCC#C1. The lowest BCUT2D eigenvalue weighted by atomic mass is 10.3. The molecule has 0 aromatic carbocycles. The van der Waals surface area contributed by atoms with Crippen molar-refractivity contribution in [3.8, 4) is 59.2 Å². The summed E-state index contributed by atoms with van der Waals surface area (Å²) in [7, 11) is 0. The van der Waals surface area contributed by atoms with E-state index in [1.54, 1.807) is 0 Å². The van der Waals surface area contributed by atoms with Gasteiger partial charge in [-0.2, -0.15) is 0 Å². The summed E-state index contributed by atoms with van der Waals surface area (Å²) in [4.78, 5) is 0. The van der Waals surface area contributed by atoms with Gasteiger partial charge in [0.2, 0.25) is 0 Å². The van der Waals surface area contributed by atoms with Crippen molar-refractivity contribution in [3.05, 3.63) is 0 Å². The molecule has 0 radical (unpaired) electrons. The molecule has 0 amide bonds. The summed E-state index contributed by atoms with van der Waals surface area (Å²) in [6.07, 6.45) is 2.36. The minimum absolute atomic E-state index is 0.571. The molecule has 1 rings (SSSR count). The van der Waals surface area contributed by atoms with Gasteiger partial charge < -0.3 is 0 Å². The van der Waals surface area contributed by atoms with Crippen molar-refractivity contribution in [1.82, 2.24) is 0 Å². The molecule has 0 aromatic heterocycles. The van der Waals surface area contributed by atoms with Gasteiger partial charge in [0.05, 0.1) is 25.7 Å². The van der Waals surface area contributed by atoms with Gasteiger partial charge in [0.25, 0.3) is 0 Å². The van der Waals surface area contributed by atoms with Crippen molar-refractivity contribution in [2.24, 2.45) is 0 Å². The fourth-order valence-corrected chi connectivity index (χ4v) is 0.729. The monoisotopic (exact) mass is 176 g/mol. The fraction of sp³-hybridized carbons (Fsp3) is 0.286. The first-order valence-corrected chi connectivity index (χ1v) is 4.33. The Balaban J connectivity index is 2.65. The molecule has 0 nitrogen and oxygen atoms in total. The molecule has 0 N–H and O–H groups in total. The third-order valence-corrected chi connectivity index (χ3v) is 1.32. The molecule has 0 heteroatoms. The Kier molecular flexibility index (Phi) is 5.26. The van der Waals surface area contributed by atoms with E-state index in [4.69, 9.17) is 0 Å². The zero-order valence-electron chi connectivity index (χ0n) is 7.83. The van der Waals surface area contributed by atoms with Gasteiger partial charge in [0.15, 0.2) is 0 Å². The summed E-state index contributed by atoms with van der Waals surface area (Å²) < 4.78 is 0. The van der Waals surface area contributed by atoms with Crippen LogP contribution in [0.2, 0.25) is 0 Å². The van der Waals surface area contributed by atoms with Gasteiger partial charge in [-0.15, -0.1) is 0 Å². The molecular weight excluding hydrogens is 168 g/mol. The molecule has 0 saturated carbocycles. The van der Waals surface area contributed by atoms with Crippen LogP contribution in [0, 0.1) is 59.2 Å². The van der Waals surface area contributed by atoms with E-state index in [1.165, 1.54) is 0 Å². The van der Waals surface area contributed by atoms with Crippen LogP contribution in [0.1, 0.15) is 25.7 Å². The van der Waals surface area contributed by atoms with Gasteiger partial charge in [-0.1, -0.05) is 47.4 Å². The van der Waals surface area contributed by atoms with E-state index in [2.05, 4.69) is 59.2 Å². The van der Waals surface area contributed by atoms with Crippen LogP contribution in [0.25, 0.3) is 0 Å². The quantitative estimate of drug-likeness (QED) is 0.491. The molecule has 0 aliphatic heterocycles. The molecule has 14 heavy (non-hydrogen) atoms. The molecule has 0 spiro atoms. The van der Waals surface area contributed by atoms with Crippen LogP contribution < -0.4 is 0 Å². The Morgan fingerprint density at radius 1 is 0.357 bits per heavy atom. The summed E-state index contributed by atoms with van der Waals surface area (Å²) >= 11 is 0. The van der Waals surface area contributed by atoms with Gasteiger partial charge in [-0.3, -0.25) is 0 Å². The van der Waals surface area contributed by atoms with E-state index in [9.17, 15) is 0 Å². The second kappa shape index (κ2) is 7.45. The molecule has 1 aliphatic rings. The summed E-state index contributed by atoms with van der Waals surface area (Å²) in [5.41, 5.74) is 0. The summed E-state index contributed by atoms with van der Waals surface area (Å²) in [6, 6.07) is 0. The highest BCUT2D eigenvalue weighted by Gasteiger charge is 1.71. The molecule has 0 unspecified atom stereocenters. The average Bonchev–Trinajstić information content (AvgIpc) is 2.22. The van der Waals surface area contributed by atoms with Crippen LogP contribution in [-0.2, 0) is 0 Å². The third kappa shape index (κ3) is 5.45. The van der Waals surface area contributed by atoms with Crippen molar-refractivity contribution >= 4 is 0 Å². The third-order valence-electron chi connectivity index (χ3n) is 1.32. The van der Waals surface area contributed by atoms with Crippen molar-refractivity contribution in [1.29, 1.82) is 0 Å². The predicted octanol–water partition coefficient (Wildman–Crippen LogP) is 1.58. The average molecular weight is 176 g/mol. The van der Waals surface area contributed by atoms with Crippen molar-refractivity contribution in [2.75, 3.05) is 0 Å². The molecule has 0 fully saturated rings. The highest BCUT2D eigenvalue weighted by Crippen LogP contribution is 1.79. The minimum Gasteiger partial charge on any atom is -0.0892 e. The number of hydrogen-bond acceptors (Lipinski definition) is 0. The highest BCUT2D eigenvalue weighted by atomic mass is 13.7. The topological polar surface area (TPSA) is 0 Å². The van der Waals surface area contributed by atoms with Gasteiger partial charge in [-0.25, -0.2) is 0 Å². The maximum absolute atomic E-state index is 2.93. The van der Waals surface area contributed by atoms with Crippen LogP contribution in [0.4, 0.5) is 0 Å². The van der Waals surface area contributed by atoms with E-state index in [-0.39, 0.29) is 0 Å². The summed E-state index contributed by atoms with van der Waals surface area (Å²) in [6.45, 7) is 0. The molecule has 1 aliphatic carbocycles. The standard InChI is InChI=1S/C14H8/c1-2-4-6-8-10-12-14-13-11-9-7-5-3-1/h1,6-7,12H2. The molecular formula is C14H8. The Morgan fingerprint density at radius 3 is 1.00 bits per heavy atom. The second-order valence-electron chi connectivity index (χ2n) is 2.37. The lowest BCUT2D eigenvalue weighted by molar-refractivity contribution is 1.46. The van der Waals surface area contributed by atoms with Gasteiger partial charge in [0, 0.05) is 0 Å². The van der Waals surface area contributed by atoms with E-state index < -0.39 is 0 Å². The maximum Gasteiger partial charge on any atom is 0.0713 e. The Labute approximate surface area is 85.5 Å². The normalized spacial score (nSPS) is 12.6. The lowest BCUT2D eigenvalue weighted by Crippen LogP contribution is -1.66. The molecule has 0 heterocycles. The van der Waals surface area contributed by atoms with E-state index >= 15 is 0 Å². The Morgan fingerprint density at radius 2 is 0.643 bits per heavy atom. The molecule has 64 valence electrons. The smallest absolute Gasteiger partial charge is 0.0713 e. The summed E-state index contributed by atoms with van der Waals surface area (Å²) in [5, 5.41) is 0. The van der Waals surface area contributed by atoms with Gasteiger partial charge >= 0.3 is 0 Å². The van der Waals surface area contributed by atoms with Crippen molar-refractivity contribution < 1.29 is 0 Å². The molecule has 0 atom stereocenters. The van der Waals surface area contributed by atoms with Crippen molar-refractivity contribution in [2.45, 2.75) is 25.7 Å². The largest absolute Gasteiger partial charge is 0.0892 e. The first kappa shape index (κ1) is 9.88. The van der Waals surface area contributed by atoms with Gasteiger partial charge in [0.1, 0.15) is 0 Å². The van der Waals surface area contributed by atoms with Gasteiger partial charge in [-0.05, 0) is 11.8 Å². The maximum atomic E-state index is 2.93. The minimum atomic E-state index is 0.571. The van der Waals surface area contributed by atoms with E-state index in [0.29, 0.717) is 25.7 Å². The van der Waals surface area contributed by atoms with Crippen molar-refractivity contribution in [3.63, 3.8) is 0 Å². The molecule has 0 saturated heterocycles. The zero-order valence-corrected chi connectivity index (χ0v) is 7.83. The van der Waals surface area contributed by atoms with Crippen LogP contribution >= 0.6 is 0 Å². The van der Waals surface area contributed by atoms with Crippen LogP contribution in [0.15, 0.2) is 0 Å². The predicted molar refractivity (Wildman–Crippen MR) is 57.3 cm³/mol. The number of rotatable bonds is 0. The number of hydrogen-bond donors (Lipinski definition) is 0. The Hall–Kier alpha value is -2.20. The van der Waals surface area contributed by atoms with Crippen LogP contribution in [0.5, 0.6) is 0 Å². The zero-order chi connectivity index (χ0) is 9.90. The summed E-state index contributed by atoms with van der Waals surface area (Å²) in [5.74, 6) is 28.6. The first-order valence-electron chi connectivity index (χ1n) is 4.33.